The first-order valence-corrected chi connectivity index (χ1v) is 10.9. The number of carbonyl (C=O) groups is 2. The minimum Gasteiger partial charge on any atom is -0.478 e. The van der Waals surface area contributed by atoms with Crippen LogP contribution in [0.2, 0.25) is 0 Å². The molecule has 1 saturated carbocycles. The Labute approximate surface area is 178 Å². The van der Waals surface area contributed by atoms with Gasteiger partial charge in [0.25, 0.3) is 0 Å². The maximum atomic E-state index is 13.1. The summed E-state index contributed by atoms with van der Waals surface area (Å²) in [6.45, 7) is 7.39. The van der Waals surface area contributed by atoms with Gasteiger partial charge in [0.2, 0.25) is 0 Å². The predicted octanol–water partition coefficient (Wildman–Crippen LogP) is 4.33. The Hall–Kier alpha value is -2.41. The zero-order valence-corrected chi connectivity index (χ0v) is 18.2. The molecule has 0 radical (unpaired) electrons. The fraction of sp³-hybridized carbons (Fsp3) is 0.609. The SMILES string of the molecule is CC(C)(C)OC(=O)N(c1ccc(/C=C/C(=O)O)cn1)[C@@H]1CCN(C2CCCCC2)C1. The largest absolute Gasteiger partial charge is 0.478 e. The van der Waals surface area contributed by atoms with Crippen LogP contribution in [-0.2, 0) is 9.53 Å². The Balaban J connectivity index is 1.78. The zero-order valence-electron chi connectivity index (χ0n) is 18.2. The van der Waals surface area contributed by atoms with Crippen molar-refractivity contribution in [2.75, 3.05) is 18.0 Å². The number of carboxylic acids is 1. The van der Waals surface area contributed by atoms with Gasteiger partial charge in [0.1, 0.15) is 11.4 Å². The number of rotatable bonds is 5. The van der Waals surface area contributed by atoms with Crippen LogP contribution >= 0.6 is 0 Å². The van der Waals surface area contributed by atoms with E-state index in [1.807, 2.05) is 20.8 Å². The lowest BCUT2D eigenvalue weighted by Gasteiger charge is -2.33. The summed E-state index contributed by atoms with van der Waals surface area (Å²) in [5.74, 6) is -0.476. The number of hydrogen-bond acceptors (Lipinski definition) is 5. The maximum Gasteiger partial charge on any atom is 0.416 e. The number of hydrogen-bond donors (Lipinski definition) is 1. The molecule has 7 heteroatoms. The summed E-state index contributed by atoms with van der Waals surface area (Å²) < 4.78 is 5.69. The quantitative estimate of drug-likeness (QED) is 0.721. The number of anilines is 1. The molecule has 30 heavy (non-hydrogen) atoms. The minimum absolute atomic E-state index is 0.00897. The minimum atomic E-state index is -1.01. The number of carbonyl (C=O) groups excluding carboxylic acids is 1. The standard InChI is InChI=1S/C23H33N3O4/c1-23(2,3)30-22(29)26(20-11-9-17(15-24-20)10-12-21(27)28)19-13-14-25(16-19)18-7-5-4-6-8-18/h9-12,15,18-19H,4-8,13-14,16H2,1-3H3,(H,27,28)/b12-10+/t19-/m1/s1. The molecule has 0 unspecified atom stereocenters. The fourth-order valence-corrected chi connectivity index (χ4v) is 4.30. The van der Waals surface area contributed by atoms with Gasteiger partial charge >= 0.3 is 12.1 Å². The highest BCUT2D eigenvalue weighted by molar-refractivity contribution is 5.88. The van der Waals surface area contributed by atoms with Crippen LogP contribution in [0.5, 0.6) is 0 Å². The van der Waals surface area contributed by atoms with E-state index in [1.165, 1.54) is 38.2 Å². The third-order valence-corrected chi connectivity index (χ3v) is 5.68. The van der Waals surface area contributed by atoms with E-state index in [-0.39, 0.29) is 12.1 Å². The van der Waals surface area contributed by atoms with E-state index in [9.17, 15) is 9.59 Å². The van der Waals surface area contributed by atoms with Crippen LogP contribution in [0, 0.1) is 0 Å². The molecule has 0 spiro atoms. The van der Waals surface area contributed by atoms with Gasteiger partial charge in [-0.2, -0.15) is 0 Å². The lowest BCUT2D eigenvalue weighted by Crippen LogP contribution is -2.46. The van der Waals surface area contributed by atoms with Gasteiger partial charge in [0, 0.05) is 31.4 Å². The molecule has 3 rings (SSSR count). The molecule has 1 aromatic heterocycles. The van der Waals surface area contributed by atoms with Crippen LogP contribution in [0.4, 0.5) is 10.6 Å². The molecule has 1 amide bonds. The second kappa shape index (κ2) is 9.60. The molecule has 164 valence electrons. The van der Waals surface area contributed by atoms with Crippen molar-refractivity contribution in [3.8, 4) is 0 Å². The Morgan fingerprint density at radius 2 is 1.93 bits per heavy atom. The molecular weight excluding hydrogens is 382 g/mol. The van der Waals surface area contributed by atoms with E-state index in [0.29, 0.717) is 17.4 Å². The van der Waals surface area contributed by atoms with Gasteiger partial charge in [0.15, 0.2) is 0 Å². The number of likely N-dealkylation sites (tertiary alicyclic amines) is 1. The number of aromatic nitrogens is 1. The van der Waals surface area contributed by atoms with E-state index in [0.717, 1.165) is 25.6 Å². The maximum absolute atomic E-state index is 13.1. The van der Waals surface area contributed by atoms with Crippen LogP contribution < -0.4 is 4.90 Å². The fourth-order valence-electron chi connectivity index (χ4n) is 4.30. The van der Waals surface area contributed by atoms with Gasteiger partial charge in [-0.25, -0.2) is 14.6 Å². The number of nitrogens with zero attached hydrogens (tertiary/aromatic N) is 3. The van der Waals surface area contributed by atoms with Gasteiger partial charge < -0.3 is 9.84 Å². The number of aliphatic carboxylic acids is 1. The molecule has 0 aromatic carbocycles. The van der Waals surface area contributed by atoms with Crippen LogP contribution in [0.1, 0.15) is 64.9 Å². The molecule has 2 aliphatic rings. The highest BCUT2D eigenvalue weighted by Gasteiger charge is 2.37. The van der Waals surface area contributed by atoms with Crippen molar-refractivity contribution in [2.45, 2.75) is 77.0 Å². The van der Waals surface area contributed by atoms with Gasteiger partial charge in [-0.05, 0) is 63.8 Å². The normalized spacial score (nSPS) is 21.1. The summed E-state index contributed by atoms with van der Waals surface area (Å²) in [7, 11) is 0. The van der Waals surface area contributed by atoms with E-state index < -0.39 is 11.6 Å². The highest BCUT2D eigenvalue weighted by Crippen LogP contribution is 2.30. The van der Waals surface area contributed by atoms with E-state index >= 15 is 0 Å². The van der Waals surface area contributed by atoms with Crippen molar-refractivity contribution in [3.05, 3.63) is 30.0 Å². The average molecular weight is 416 g/mol. The number of ether oxygens (including phenoxy) is 1. The van der Waals surface area contributed by atoms with E-state index in [4.69, 9.17) is 9.84 Å². The summed E-state index contributed by atoms with van der Waals surface area (Å²) in [4.78, 5) is 32.5. The third-order valence-electron chi connectivity index (χ3n) is 5.68. The van der Waals surface area contributed by atoms with Crippen LogP contribution in [0.15, 0.2) is 24.4 Å². The van der Waals surface area contributed by atoms with Crippen molar-refractivity contribution in [3.63, 3.8) is 0 Å². The van der Waals surface area contributed by atoms with E-state index in [2.05, 4.69) is 9.88 Å². The Morgan fingerprint density at radius 3 is 2.53 bits per heavy atom. The zero-order chi connectivity index (χ0) is 21.7. The van der Waals surface area contributed by atoms with Crippen molar-refractivity contribution in [2.24, 2.45) is 0 Å². The molecule has 2 heterocycles. The van der Waals surface area contributed by atoms with Crippen molar-refractivity contribution >= 4 is 24.0 Å². The summed E-state index contributed by atoms with van der Waals surface area (Å²) in [5.41, 5.74) is 0.0711. The topological polar surface area (TPSA) is 83.0 Å². The number of carboxylic acid groups (broad SMARTS) is 1. The first-order chi connectivity index (χ1) is 14.2. The molecule has 1 atom stereocenters. The second-order valence-corrected chi connectivity index (χ2v) is 9.20. The first-order valence-electron chi connectivity index (χ1n) is 10.9. The van der Waals surface area contributed by atoms with Crippen molar-refractivity contribution in [1.29, 1.82) is 0 Å². The van der Waals surface area contributed by atoms with Crippen molar-refractivity contribution in [1.82, 2.24) is 9.88 Å². The molecule has 1 aliphatic carbocycles. The second-order valence-electron chi connectivity index (χ2n) is 9.20. The highest BCUT2D eigenvalue weighted by atomic mass is 16.6. The molecule has 1 aliphatic heterocycles. The van der Waals surface area contributed by atoms with Gasteiger partial charge in [-0.3, -0.25) is 9.80 Å². The molecule has 1 saturated heterocycles. The molecule has 2 fully saturated rings. The van der Waals surface area contributed by atoms with Crippen molar-refractivity contribution < 1.29 is 19.4 Å². The van der Waals surface area contributed by atoms with Crippen LogP contribution in [0.25, 0.3) is 6.08 Å². The predicted molar refractivity (Wildman–Crippen MR) is 116 cm³/mol. The summed E-state index contributed by atoms with van der Waals surface area (Å²) in [6, 6.07) is 4.15. The molecule has 7 nitrogen and oxygen atoms in total. The lowest BCUT2D eigenvalue weighted by molar-refractivity contribution is -0.131. The molecule has 0 bridgehead atoms. The molecule has 1 N–H and O–H groups in total. The molecule has 1 aromatic rings. The number of amides is 1. The summed E-state index contributed by atoms with van der Waals surface area (Å²) >= 11 is 0. The Kier molecular flexibility index (Phi) is 7.13. The lowest BCUT2D eigenvalue weighted by atomic mass is 9.94. The van der Waals surface area contributed by atoms with Gasteiger partial charge in [-0.1, -0.05) is 19.3 Å². The van der Waals surface area contributed by atoms with Gasteiger partial charge in [0.05, 0.1) is 6.04 Å². The third kappa shape index (κ3) is 6.05. The Bertz CT molecular complexity index is 764. The average Bonchev–Trinajstić information content (AvgIpc) is 3.16. The first kappa shape index (κ1) is 22.3. The summed E-state index contributed by atoms with van der Waals surface area (Å²) in [5, 5.41) is 8.79. The Morgan fingerprint density at radius 1 is 1.20 bits per heavy atom. The molecular formula is C23H33N3O4. The number of pyridine rings is 1. The van der Waals surface area contributed by atoms with Crippen LogP contribution in [-0.4, -0.2) is 57.8 Å². The summed E-state index contributed by atoms with van der Waals surface area (Å²) in [6.07, 6.45) is 11.0. The monoisotopic (exact) mass is 415 g/mol. The smallest absolute Gasteiger partial charge is 0.416 e. The van der Waals surface area contributed by atoms with Gasteiger partial charge in [-0.15, -0.1) is 0 Å². The van der Waals surface area contributed by atoms with Crippen LogP contribution in [0.3, 0.4) is 0 Å². The van der Waals surface area contributed by atoms with E-state index in [1.54, 1.807) is 23.2 Å².